The van der Waals surface area contributed by atoms with Crippen LogP contribution in [0.2, 0.25) is 0 Å². The van der Waals surface area contributed by atoms with Crippen molar-refractivity contribution in [3.63, 3.8) is 0 Å². The first-order valence-electron chi connectivity index (χ1n) is 10.9. The topological polar surface area (TPSA) is 69.0 Å². The van der Waals surface area contributed by atoms with Crippen LogP contribution in [0.15, 0.2) is 59.8 Å². The van der Waals surface area contributed by atoms with Gasteiger partial charge in [-0.25, -0.2) is 4.39 Å². The third-order valence-corrected chi connectivity index (χ3v) is 6.63. The molecule has 1 aliphatic rings. The highest BCUT2D eigenvalue weighted by Crippen LogP contribution is 2.26. The van der Waals surface area contributed by atoms with Crippen molar-refractivity contribution in [1.29, 1.82) is 0 Å². The second kappa shape index (κ2) is 10.6. The summed E-state index contributed by atoms with van der Waals surface area (Å²) in [6, 6.07) is 16.1. The molecule has 32 heavy (non-hydrogen) atoms. The molecule has 1 fully saturated rings. The molecule has 2 atom stereocenters. The summed E-state index contributed by atoms with van der Waals surface area (Å²) in [6.07, 6.45) is 4.59. The third-order valence-electron chi connectivity index (χ3n) is 5.70. The second-order valence-electron chi connectivity index (χ2n) is 8.01. The molecule has 168 valence electrons. The molecule has 2 aromatic carbocycles. The number of aromatic nitrogens is 3. The molecular weight excluding hydrogens is 427 g/mol. The maximum atomic E-state index is 13.9. The number of carbonyl (C=O) groups excluding carboxylic acids is 1. The van der Waals surface area contributed by atoms with E-state index in [0.717, 1.165) is 24.9 Å². The molecule has 0 bridgehead atoms. The maximum Gasteiger partial charge on any atom is 0.230 e. The number of carbonyl (C=O) groups is 1. The molecule has 0 unspecified atom stereocenters. The van der Waals surface area contributed by atoms with Crippen LogP contribution in [0.1, 0.15) is 38.4 Å². The lowest BCUT2D eigenvalue weighted by atomic mass is 9.86. The molecule has 0 radical (unpaired) electrons. The zero-order valence-corrected chi connectivity index (χ0v) is 18.9. The van der Waals surface area contributed by atoms with Crippen molar-refractivity contribution in [2.45, 2.75) is 50.4 Å². The molecule has 6 nitrogen and oxygen atoms in total. The van der Waals surface area contributed by atoms with Crippen molar-refractivity contribution in [2.24, 2.45) is 5.92 Å². The van der Waals surface area contributed by atoms with E-state index in [1.807, 2.05) is 34.9 Å². The second-order valence-corrected chi connectivity index (χ2v) is 8.96. The van der Waals surface area contributed by atoms with Gasteiger partial charge < -0.3 is 10.1 Å². The number of benzene rings is 2. The van der Waals surface area contributed by atoms with Crippen LogP contribution in [0.25, 0.3) is 5.69 Å². The molecule has 1 aromatic heterocycles. The lowest BCUT2D eigenvalue weighted by Crippen LogP contribution is -2.41. The van der Waals surface area contributed by atoms with E-state index in [4.69, 9.17) is 4.74 Å². The van der Waals surface area contributed by atoms with Crippen LogP contribution in [0, 0.1) is 11.7 Å². The zero-order valence-electron chi connectivity index (χ0n) is 18.0. The van der Waals surface area contributed by atoms with E-state index in [2.05, 4.69) is 22.4 Å². The Morgan fingerprint density at radius 2 is 1.88 bits per heavy atom. The van der Waals surface area contributed by atoms with Crippen molar-refractivity contribution < 1.29 is 13.9 Å². The average molecular weight is 455 g/mol. The van der Waals surface area contributed by atoms with Crippen LogP contribution in [-0.2, 0) is 11.4 Å². The number of nitrogens with one attached hydrogen (secondary N) is 1. The molecule has 1 saturated carbocycles. The molecule has 1 aliphatic carbocycles. The van der Waals surface area contributed by atoms with E-state index in [0.29, 0.717) is 16.9 Å². The Hall–Kier alpha value is -2.87. The molecule has 4 rings (SSSR count). The molecular formula is C24H27FN4O2S. The number of nitrogens with zero attached hydrogens (tertiary/aromatic N) is 3. The normalized spacial score (nSPS) is 18.3. The Labute approximate surface area is 191 Å². The van der Waals surface area contributed by atoms with Crippen molar-refractivity contribution in [3.8, 4) is 11.4 Å². The fourth-order valence-electron chi connectivity index (χ4n) is 3.94. The van der Waals surface area contributed by atoms with E-state index in [9.17, 15) is 9.18 Å². The molecule has 0 spiro atoms. The summed E-state index contributed by atoms with van der Waals surface area (Å²) in [4.78, 5) is 12.6. The SMILES string of the molecule is C[C@@H]1CCCC[C@@H]1NC(=O)CSc1nnc(COc2ccccc2F)n1-c1ccccc1. The van der Waals surface area contributed by atoms with Gasteiger partial charge in [0.05, 0.1) is 5.75 Å². The van der Waals surface area contributed by atoms with Crippen LogP contribution in [0.5, 0.6) is 5.75 Å². The number of thioether (sulfide) groups is 1. The number of hydrogen-bond donors (Lipinski definition) is 1. The summed E-state index contributed by atoms with van der Waals surface area (Å²) in [6.45, 7) is 2.25. The maximum absolute atomic E-state index is 13.9. The summed E-state index contributed by atoms with van der Waals surface area (Å²) in [7, 11) is 0. The van der Waals surface area contributed by atoms with E-state index in [1.165, 1.54) is 24.2 Å². The minimum Gasteiger partial charge on any atom is -0.483 e. The van der Waals surface area contributed by atoms with Crippen molar-refractivity contribution in [2.75, 3.05) is 5.75 Å². The van der Waals surface area contributed by atoms with Crippen LogP contribution < -0.4 is 10.1 Å². The number of halogens is 1. The van der Waals surface area contributed by atoms with Crippen LogP contribution in [-0.4, -0.2) is 32.5 Å². The van der Waals surface area contributed by atoms with Crippen LogP contribution >= 0.6 is 11.8 Å². The Kier molecular flexibility index (Phi) is 7.42. The van der Waals surface area contributed by atoms with E-state index in [1.54, 1.807) is 18.2 Å². The van der Waals surface area contributed by atoms with Gasteiger partial charge in [-0.15, -0.1) is 10.2 Å². The molecule has 1 heterocycles. The van der Waals surface area contributed by atoms with Crippen molar-refractivity contribution in [3.05, 3.63) is 66.2 Å². The van der Waals surface area contributed by atoms with Gasteiger partial charge >= 0.3 is 0 Å². The number of rotatable bonds is 8. The minimum absolute atomic E-state index is 0.000480. The number of hydrogen-bond acceptors (Lipinski definition) is 5. The van der Waals surface area contributed by atoms with Gasteiger partial charge in [0.1, 0.15) is 6.61 Å². The monoisotopic (exact) mass is 454 g/mol. The van der Waals surface area contributed by atoms with Gasteiger partial charge in [-0.1, -0.05) is 61.9 Å². The first kappa shape index (κ1) is 22.3. The smallest absolute Gasteiger partial charge is 0.230 e. The number of para-hydroxylation sites is 2. The molecule has 0 aliphatic heterocycles. The van der Waals surface area contributed by atoms with Gasteiger partial charge in [-0.2, -0.15) is 0 Å². The van der Waals surface area contributed by atoms with Crippen LogP contribution in [0.4, 0.5) is 4.39 Å². The number of ether oxygens (including phenoxy) is 1. The molecule has 3 aromatic rings. The summed E-state index contributed by atoms with van der Waals surface area (Å²) in [5, 5.41) is 12.3. The van der Waals surface area contributed by atoms with E-state index >= 15 is 0 Å². The average Bonchev–Trinajstić information content (AvgIpc) is 3.22. The van der Waals surface area contributed by atoms with Crippen LogP contribution in [0.3, 0.4) is 0 Å². The predicted molar refractivity (Wildman–Crippen MR) is 122 cm³/mol. The lowest BCUT2D eigenvalue weighted by molar-refractivity contribution is -0.119. The van der Waals surface area contributed by atoms with E-state index in [-0.39, 0.29) is 30.1 Å². The summed E-state index contributed by atoms with van der Waals surface area (Å²) in [5.41, 5.74) is 0.855. The fourth-order valence-corrected chi connectivity index (χ4v) is 4.72. The van der Waals surface area contributed by atoms with Crippen molar-refractivity contribution >= 4 is 17.7 Å². The van der Waals surface area contributed by atoms with E-state index < -0.39 is 5.82 Å². The Morgan fingerprint density at radius 3 is 2.66 bits per heavy atom. The highest BCUT2D eigenvalue weighted by molar-refractivity contribution is 7.99. The Morgan fingerprint density at radius 1 is 1.12 bits per heavy atom. The lowest BCUT2D eigenvalue weighted by Gasteiger charge is -2.29. The molecule has 8 heteroatoms. The van der Waals surface area contributed by atoms with Gasteiger partial charge in [-0.3, -0.25) is 9.36 Å². The highest BCUT2D eigenvalue weighted by atomic mass is 32.2. The summed E-state index contributed by atoms with van der Waals surface area (Å²) in [5.74, 6) is 1.02. The van der Waals surface area contributed by atoms with Gasteiger partial charge in [-0.05, 0) is 43.0 Å². The largest absolute Gasteiger partial charge is 0.483 e. The Balaban J connectivity index is 1.47. The van der Waals surface area contributed by atoms with Gasteiger partial charge in [0.2, 0.25) is 5.91 Å². The Bertz CT molecular complexity index is 1040. The standard InChI is InChI=1S/C24H27FN4O2S/c1-17-9-5-7-13-20(17)26-23(30)16-32-24-28-27-22(29(24)18-10-3-2-4-11-18)15-31-21-14-8-6-12-19(21)25/h2-4,6,8,10-12,14,17,20H,5,7,9,13,15-16H2,1H3,(H,26,30)/t17-,20+/m1/s1. The van der Waals surface area contributed by atoms with Gasteiger partial charge in [0, 0.05) is 11.7 Å². The van der Waals surface area contributed by atoms with Gasteiger partial charge in [0.15, 0.2) is 22.5 Å². The van der Waals surface area contributed by atoms with Gasteiger partial charge in [0.25, 0.3) is 0 Å². The predicted octanol–water partition coefficient (Wildman–Crippen LogP) is 4.77. The quantitative estimate of drug-likeness (QED) is 0.497. The fraction of sp³-hybridized carbons (Fsp3) is 0.375. The first-order valence-corrected chi connectivity index (χ1v) is 11.9. The molecule has 1 N–H and O–H groups in total. The highest BCUT2D eigenvalue weighted by Gasteiger charge is 2.23. The number of amides is 1. The zero-order chi connectivity index (χ0) is 22.3. The minimum atomic E-state index is -0.429. The molecule has 0 saturated heterocycles. The summed E-state index contributed by atoms with van der Waals surface area (Å²) >= 11 is 1.33. The first-order chi connectivity index (χ1) is 15.6. The summed E-state index contributed by atoms with van der Waals surface area (Å²) < 4.78 is 21.4. The third kappa shape index (κ3) is 5.48. The molecule has 1 amide bonds. The van der Waals surface area contributed by atoms with Crippen molar-refractivity contribution in [1.82, 2.24) is 20.1 Å².